The first-order chi connectivity index (χ1) is 15.0. The maximum Gasteiger partial charge on any atom is 0.223 e. The van der Waals surface area contributed by atoms with Crippen LogP contribution in [0.2, 0.25) is 10.0 Å². The third-order valence-electron chi connectivity index (χ3n) is 6.37. The van der Waals surface area contributed by atoms with Gasteiger partial charge in [-0.25, -0.2) is 8.42 Å². The third kappa shape index (κ3) is 5.49. The van der Waals surface area contributed by atoms with Crippen LogP contribution in [0.4, 0.5) is 0 Å². The molecule has 0 bridgehead atoms. The second-order valence-corrected chi connectivity index (χ2v) is 12.7. The normalized spacial score (nSPS) is 20.8. The highest BCUT2D eigenvalue weighted by molar-refractivity contribution is 7.92. The van der Waals surface area contributed by atoms with Gasteiger partial charge in [0.2, 0.25) is 5.91 Å². The van der Waals surface area contributed by atoms with Gasteiger partial charge in [0.25, 0.3) is 0 Å². The Hall–Kier alpha value is -1.56. The van der Waals surface area contributed by atoms with Crippen molar-refractivity contribution in [2.75, 3.05) is 5.75 Å². The molecule has 0 aliphatic carbocycles. The molecule has 7 heteroatoms. The maximum absolute atomic E-state index is 13.4. The number of nitrogens with zero attached hydrogens (tertiary/aromatic N) is 1. The zero-order valence-corrected chi connectivity index (χ0v) is 21.3. The Kier molecular flexibility index (Phi) is 7.95. The maximum atomic E-state index is 13.4. The number of rotatable bonds is 7. The predicted octanol–water partition coefficient (Wildman–Crippen LogP) is 6.29. The summed E-state index contributed by atoms with van der Waals surface area (Å²) < 4.78 is 25.8. The number of carbonyl (C=O) groups excluding carboxylic acids is 1. The standard InChI is InChI=1S/C25H31Cl2NO3S/c1-16(2)23(15-32(30,31)17(3)4)28-24(29)13-12-22(19-6-5-7-21(27)14-19)25(28)18-8-10-20(26)11-9-18/h5-11,14,16-17,22-23,25H,12-13,15H2,1-4H3/t22-,23-,25?/m1/s1. The van der Waals surface area contributed by atoms with E-state index in [9.17, 15) is 13.2 Å². The highest BCUT2D eigenvalue weighted by atomic mass is 35.5. The summed E-state index contributed by atoms with van der Waals surface area (Å²) in [5.74, 6) is -0.0997. The smallest absolute Gasteiger partial charge is 0.223 e. The van der Waals surface area contributed by atoms with E-state index < -0.39 is 21.1 Å². The molecule has 1 fully saturated rings. The SMILES string of the molecule is CC(C)[C@@H](CS(=O)(=O)C(C)C)N1C(=O)CC[C@H](c2cccc(Cl)c2)C1c1ccc(Cl)cc1. The summed E-state index contributed by atoms with van der Waals surface area (Å²) in [5.41, 5.74) is 1.99. The topological polar surface area (TPSA) is 54.5 Å². The largest absolute Gasteiger partial charge is 0.331 e. The van der Waals surface area contributed by atoms with Crippen LogP contribution in [0.5, 0.6) is 0 Å². The van der Waals surface area contributed by atoms with E-state index in [4.69, 9.17) is 23.2 Å². The lowest BCUT2D eigenvalue weighted by Crippen LogP contribution is -2.53. The van der Waals surface area contributed by atoms with Gasteiger partial charge < -0.3 is 4.90 Å². The van der Waals surface area contributed by atoms with Crippen molar-refractivity contribution in [1.82, 2.24) is 4.90 Å². The van der Waals surface area contributed by atoms with Crippen LogP contribution >= 0.6 is 23.2 Å². The van der Waals surface area contributed by atoms with Crippen LogP contribution in [-0.2, 0) is 14.6 Å². The van der Waals surface area contributed by atoms with Gasteiger partial charge in [-0.2, -0.15) is 0 Å². The molecule has 0 saturated carbocycles. The fraction of sp³-hybridized carbons (Fsp3) is 0.480. The molecule has 0 spiro atoms. The van der Waals surface area contributed by atoms with E-state index in [1.807, 2.05) is 67.3 Å². The molecule has 1 unspecified atom stereocenters. The summed E-state index contributed by atoms with van der Waals surface area (Å²) in [4.78, 5) is 15.2. The van der Waals surface area contributed by atoms with Gasteiger partial charge in [0.15, 0.2) is 9.84 Å². The third-order valence-corrected chi connectivity index (χ3v) is 9.10. The molecule has 1 aliphatic rings. The van der Waals surface area contributed by atoms with Crippen molar-refractivity contribution in [1.29, 1.82) is 0 Å². The number of benzene rings is 2. The van der Waals surface area contributed by atoms with Crippen LogP contribution in [0.1, 0.15) is 63.6 Å². The van der Waals surface area contributed by atoms with Crippen LogP contribution in [0.25, 0.3) is 0 Å². The van der Waals surface area contributed by atoms with Gasteiger partial charge in [0.05, 0.1) is 17.0 Å². The Morgan fingerprint density at radius 3 is 2.19 bits per heavy atom. The Labute approximate surface area is 201 Å². The molecule has 2 aromatic rings. The van der Waals surface area contributed by atoms with Gasteiger partial charge in [-0.3, -0.25) is 4.79 Å². The molecule has 0 radical (unpaired) electrons. The Balaban J connectivity index is 2.15. The molecule has 0 N–H and O–H groups in total. The lowest BCUT2D eigenvalue weighted by molar-refractivity contribution is -0.141. The first-order valence-electron chi connectivity index (χ1n) is 11.0. The zero-order valence-electron chi connectivity index (χ0n) is 19.0. The minimum atomic E-state index is -3.35. The molecule has 2 aromatic carbocycles. The van der Waals surface area contributed by atoms with Gasteiger partial charge in [-0.05, 0) is 61.6 Å². The van der Waals surface area contributed by atoms with Gasteiger partial charge in [-0.15, -0.1) is 0 Å². The number of hydrogen-bond donors (Lipinski definition) is 0. The average molecular weight is 497 g/mol. The second-order valence-electron chi connectivity index (χ2n) is 9.19. The van der Waals surface area contributed by atoms with E-state index >= 15 is 0 Å². The van der Waals surface area contributed by atoms with Gasteiger partial charge in [0, 0.05) is 28.4 Å². The molecule has 0 aromatic heterocycles. The van der Waals surface area contributed by atoms with E-state index in [-0.39, 0.29) is 29.5 Å². The van der Waals surface area contributed by atoms with Crippen LogP contribution < -0.4 is 0 Å². The van der Waals surface area contributed by atoms with Crippen molar-refractivity contribution in [3.05, 3.63) is 69.7 Å². The highest BCUT2D eigenvalue weighted by Crippen LogP contribution is 2.45. The fourth-order valence-electron chi connectivity index (χ4n) is 4.47. The van der Waals surface area contributed by atoms with Crippen molar-refractivity contribution in [2.24, 2.45) is 5.92 Å². The minimum Gasteiger partial charge on any atom is -0.331 e. The molecule has 1 amide bonds. The Morgan fingerprint density at radius 2 is 1.62 bits per heavy atom. The molecule has 4 nitrogen and oxygen atoms in total. The highest BCUT2D eigenvalue weighted by Gasteiger charge is 2.43. The zero-order chi connectivity index (χ0) is 23.6. The molecular weight excluding hydrogens is 465 g/mol. The summed E-state index contributed by atoms with van der Waals surface area (Å²) in [5, 5.41) is 0.759. The van der Waals surface area contributed by atoms with E-state index in [1.165, 1.54) is 0 Å². The van der Waals surface area contributed by atoms with E-state index in [1.54, 1.807) is 13.8 Å². The average Bonchev–Trinajstić information content (AvgIpc) is 2.72. The van der Waals surface area contributed by atoms with Crippen LogP contribution in [0.15, 0.2) is 48.5 Å². The van der Waals surface area contributed by atoms with E-state index in [0.717, 1.165) is 11.1 Å². The number of carbonyl (C=O) groups is 1. The first kappa shape index (κ1) is 25.1. The molecule has 3 atom stereocenters. The number of piperidine rings is 1. The van der Waals surface area contributed by atoms with Crippen molar-refractivity contribution in [2.45, 2.75) is 63.8 Å². The lowest BCUT2D eigenvalue weighted by atomic mass is 9.78. The predicted molar refractivity (Wildman–Crippen MR) is 132 cm³/mol. The molecular formula is C25H31Cl2NO3S. The lowest BCUT2D eigenvalue weighted by Gasteiger charge is -2.47. The number of amides is 1. The Bertz CT molecular complexity index is 1050. The Morgan fingerprint density at radius 1 is 0.969 bits per heavy atom. The summed E-state index contributed by atoms with van der Waals surface area (Å²) >= 11 is 12.4. The van der Waals surface area contributed by atoms with Gasteiger partial charge >= 0.3 is 0 Å². The summed E-state index contributed by atoms with van der Waals surface area (Å²) in [6.45, 7) is 7.35. The molecule has 1 heterocycles. The van der Waals surface area contributed by atoms with Crippen molar-refractivity contribution < 1.29 is 13.2 Å². The van der Waals surface area contributed by atoms with Crippen molar-refractivity contribution in [3.63, 3.8) is 0 Å². The molecule has 3 rings (SSSR count). The second kappa shape index (κ2) is 10.1. The molecule has 174 valence electrons. The molecule has 1 saturated heterocycles. The summed E-state index contributed by atoms with van der Waals surface area (Å²) in [6.07, 6.45) is 1.04. The molecule has 1 aliphatic heterocycles. The number of hydrogen-bond acceptors (Lipinski definition) is 3. The van der Waals surface area contributed by atoms with Gasteiger partial charge in [0.1, 0.15) is 0 Å². The van der Waals surface area contributed by atoms with Crippen LogP contribution in [0, 0.1) is 5.92 Å². The minimum absolute atomic E-state index is 0.00409. The quantitative estimate of drug-likeness (QED) is 0.453. The number of likely N-dealkylation sites (tertiary alicyclic amines) is 1. The van der Waals surface area contributed by atoms with Crippen LogP contribution in [0.3, 0.4) is 0 Å². The number of sulfone groups is 1. The van der Waals surface area contributed by atoms with Crippen molar-refractivity contribution >= 4 is 38.9 Å². The van der Waals surface area contributed by atoms with Crippen LogP contribution in [-0.4, -0.2) is 36.3 Å². The monoisotopic (exact) mass is 495 g/mol. The molecule has 32 heavy (non-hydrogen) atoms. The summed E-state index contributed by atoms with van der Waals surface area (Å²) in [7, 11) is -3.35. The fourth-order valence-corrected chi connectivity index (χ4v) is 6.20. The van der Waals surface area contributed by atoms with E-state index in [0.29, 0.717) is 22.9 Å². The van der Waals surface area contributed by atoms with Crippen molar-refractivity contribution in [3.8, 4) is 0 Å². The summed E-state index contributed by atoms with van der Waals surface area (Å²) in [6, 6.07) is 14.5. The van der Waals surface area contributed by atoms with E-state index in [2.05, 4.69) is 0 Å². The first-order valence-corrected chi connectivity index (χ1v) is 13.5. The van der Waals surface area contributed by atoms with Gasteiger partial charge in [-0.1, -0.05) is 61.3 Å². The number of halogens is 2.